The molecule has 1 unspecified atom stereocenters. The summed E-state index contributed by atoms with van der Waals surface area (Å²) in [4.78, 5) is 5.52. The first-order valence-electron chi connectivity index (χ1n) is 4.04. The lowest BCUT2D eigenvalue weighted by Gasteiger charge is -1.99. The molecule has 1 aromatic rings. The van der Waals surface area contributed by atoms with Crippen LogP contribution in [0.2, 0.25) is 0 Å². The third-order valence-corrected chi connectivity index (χ3v) is 3.46. The first-order valence-corrected chi connectivity index (χ1v) is 5.80. The fraction of sp³-hybridized carbons (Fsp3) is 0.571. The molecular weight excluding hydrogens is 204 g/mol. The average Bonchev–Trinajstić information content (AvgIpc) is 2.71. The normalized spacial score (nSPS) is 25.0. The van der Waals surface area contributed by atoms with E-state index in [0.717, 1.165) is 15.8 Å². The number of aliphatic imine (C=N–C) groups is 1. The van der Waals surface area contributed by atoms with Crippen molar-refractivity contribution in [2.45, 2.75) is 19.5 Å². The predicted molar refractivity (Wildman–Crippen MR) is 56.1 cm³/mol. The topological polar surface area (TPSA) is 50.2 Å². The largest absolute Gasteiger partial charge is 0.362 e. The minimum Gasteiger partial charge on any atom is -0.362 e. The van der Waals surface area contributed by atoms with Crippen LogP contribution >= 0.6 is 23.3 Å². The van der Waals surface area contributed by atoms with E-state index in [1.54, 1.807) is 18.0 Å². The SMILES string of the molecule is CC1CSC(=NCc2cnns2)N1. The third kappa shape index (κ3) is 2.41. The van der Waals surface area contributed by atoms with Gasteiger partial charge in [0.15, 0.2) is 5.17 Å². The van der Waals surface area contributed by atoms with Gasteiger partial charge in [0.1, 0.15) is 0 Å². The smallest absolute Gasteiger partial charge is 0.157 e. The molecule has 1 fully saturated rings. The molecule has 6 heteroatoms. The zero-order valence-electron chi connectivity index (χ0n) is 7.23. The van der Waals surface area contributed by atoms with E-state index in [0.29, 0.717) is 12.6 Å². The Labute approximate surface area is 85.0 Å². The van der Waals surface area contributed by atoms with Crippen LogP contribution in [0.1, 0.15) is 11.8 Å². The van der Waals surface area contributed by atoms with Gasteiger partial charge in [-0.1, -0.05) is 16.3 Å². The summed E-state index contributed by atoms with van der Waals surface area (Å²) in [6.07, 6.45) is 1.76. The van der Waals surface area contributed by atoms with Gasteiger partial charge in [0.05, 0.1) is 17.6 Å². The van der Waals surface area contributed by atoms with Gasteiger partial charge in [0.25, 0.3) is 0 Å². The van der Waals surface area contributed by atoms with Crippen LogP contribution in [0.25, 0.3) is 0 Å². The van der Waals surface area contributed by atoms with E-state index in [2.05, 4.69) is 26.8 Å². The van der Waals surface area contributed by atoms with E-state index in [9.17, 15) is 0 Å². The number of hydrogen-bond acceptors (Lipinski definition) is 5. The first kappa shape index (κ1) is 8.96. The fourth-order valence-electron chi connectivity index (χ4n) is 0.996. The molecule has 70 valence electrons. The first-order chi connectivity index (χ1) is 6.34. The zero-order valence-corrected chi connectivity index (χ0v) is 8.86. The molecular formula is C7H10N4S2. The van der Waals surface area contributed by atoms with Gasteiger partial charge < -0.3 is 5.32 Å². The Morgan fingerprint density at radius 3 is 3.31 bits per heavy atom. The van der Waals surface area contributed by atoms with Crippen LogP contribution in [-0.2, 0) is 6.54 Å². The van der Waals surface area contributed by atoms with Gasteiger partial charge in [-0.05, 0) is 18.5 Å². The highest BCUT2D eigenvalue weighted by Gasteiger charge is 2.14. The molecule has 2 heterocycles. The molecule has 0 radical (unpaired) electrons. The highest BCUT2D eigenvalue weighted by molar-refractivity contribution is 8.14. The van der Waals surface area contributed by atoms with Crippen molar-refractivity contribution >= 4 is 28.5 Å². The summed E-state index contributed by atoms with van der Waals surface area (Å²) >= 11 is 3.18. The number of amidine groups is 1. The lowest BCUT2D eigenvalue weighted by molar-refractivity contribution is 0.764. The minimum absolute atomic E-state index is 0.545. The molecule has 1 aromatic heterocycles. The Hall–Kier alpha value is -0.620. The summed E-state index contributed by atoms with van der Waals surface area (Å²) in [6, 6.07) is 0.545. The van der Waals surface area contributed by atoms with Crippen LogP contribution in [0.3, 0.4) is 0 Å². The Bertz CT molecular complexity index is 295. The second-order valence-corrected chi connectivity index (χ2v) is 4.74. The van der Waals surface area contributed by atoms with Gasteiger partial charge in [-0.2, -0.15) is 0 Å². The molecule has 0 amide bonds. The summed E-state index contributed by atoms with van der Waals surface area (Å²) < 4.78 is 3.78. The molecule has 13 heavy (non-hydrogen) atoms. The highest BCUT2D eigenvalue weighted by Crippen LogP contribution is 2.14. The number of hydrogen-bond donors (Lipinski definition) is 1. The van der Waals surface area contributed by atoms with E-state index >= 15 is 0 Å². The quantitative estimate of drug-likeness (QED) is 0.801. The van der Waals surface area contributed by atoms with Gasteiger partial charge in [0.2, 0.25) is 0 Å². The fourth-order valence-corrected chi connectivity index (χ4v) is 2.34. The summed E-state index contributed by atoms with van der Waals surface area (Å²) in [5, 5.41) is 8.09. The maximum atomic E-state index is 4.42. The standard InChI is InChI=1S/C7H10N4S2/c1-5-4-12-7(10-5)8-2-6-3-9-11-13-6/h3,5H,2,4H2,1H3,(H,8,10). The summed E-state index contributed by atoms with van der Waals surface area (Å²) in [6.45, 7) is 2.85. The van der Waals surface area contributed by atoms with Crippen molar-refractivity contribution in [2.75, 3.05) is 5.75 Å². The number of thioether (sulfide) groups is 1. The molecule has 0 bridgehead atoms. The molecule has 2 rings (SSSR count). The van der Waals surface area contributed by atoms with Crippen molar-refractivity contribution in [3.8, 4) is 0 Å². The van der Waals surface area contributed by atoms with E-state index in [-0.39, 0.29) is 0 Å². The molecule has 0 saturated carbocycles. The second kappa shape index (κ2) is 4.06. The molecule has 1 N–H and O–H groups in total. The number of rotatable bonds is 2. The number of nitrogens with one attached hydrogen (secondary N) is 1. The monoisotopic (exact) mass is 214 g/mol. The molecule has 0 aromatic carbocycles. The molecule has 1 aliphatic heterocycles. The van der Waals surface area contributed by atoms with E-state index in [1.165, 1.54) is 11.5 Å². The molecule has 1 saturated heterocycles. The number of nitrogens with zero attached hydrogens (tertiary/aromatic N) is 3. The predicted octanol–water partition coefficient (Wildman–Crippen LogP) is 1.12. The van der Waals surface area contributed by atoms with Crippen molar-refractivity contribution < 1.29 is 0 Å². The highest BCUT2D eigenvalue weighted by atomic mass is 32.2. The van der Waals surface area contributed by atoms with Crippen LogP contribution in [0.15, 0.2) is 11.2 Å². The molecule has 4 nitrogen and oxygen atoms in total. The summed E-state index contributed by atoms with van der Waals surface area (Å²) in [5.41, 5.74) is 0. The molecule has 1 aliphatic rings. The van der Waals surface area contributed by atoms with Crippen molar-refractivity contribution in [3.63, 3.8) is 0 Å². The van der Waals surface area contributed by atoms with Gasteiger partial charge in [-0.15, -0.1) is 5.10 Å². The maximum Gasteiger partial charge on any atom is 0.157 e. The maximum absolute atomic E-state index is 4.42. The van der Waals surface area contributed by atoms with Crippen molar-refractivity contribution in [2.24, 2.45) is 4.99 Å². The van der Waals surface area contributed by atoms with Gasteiger partial charge in [-0.3, -0.25) is 4.99 Å². The van der Waals surface area contributed by atoms with Gasteiger partial charge in [0, 0.05) is 11.8 Å². The van der Waals surface area contributed by atoms with Crippen molar-refractivity contribution in [1.29, 1.82) is 0 Å². The third-order valence-electron chi connectivity index (χ3n) is 1.63. The lowest BCUT2D eigenvalue weighted by atomic mass is 10.4. The molecule has 1 atom stereocenters. The zero-order chi connectivity index (χ0) is 9.10. The average molecular weight is 214 g/mol. The van der Waals surface area contributed by atoms with E-state index in [4.69, 9.17) is 0 Å². The van der Waals surface area contributed by atoms with Crippen LogP contribution in [0, 0.1) is 0 Å². The molecule has 0 aliphatic carbocycles. The second-order valence-electron chi connectivity index (χ2n) is 2.86. The Kier molecular flexibility index (Phi) is 2.80. The Balaban J connectivity index is 1.91. The lowest BCUT2D eigenvalue weighted by Crippen LogP contribution is -2.23. The van der Waals surface area contributed by atoms with E-state index < -0.39 is 0 Å². The Morgan fingerprint density at radius 2 is 2.69 bits per heavy atom. The summed E-state index contributed by atoms with van der Waals surface area (Å²) in [5.74, 6) is 1.11. The van der Waals surface area contributed by atoms with Crippen LogP contribution < -0.4 is 5.32 Å². The van der Waals surface area contributed by atoms with Gasteiger partial charge >= 0.3 is 0 Å². The van der Waals surface area contributed by atoms with E-state index in [1.807, 2.05) is 0 Å². The van der Waals surface area contributed by atoms with Crippen LogP contribution in [0.5, 0.6) is 0 Å². The minimum atomic E-state index is 0.545. The molecule has 0 spiro atoms. The van der Waals surface area contributed by atoms with Crippen LogP contribution in [0.4, 0.5) is 0 Å². The van der Waals surface area contributed by atoms with Crippen LogP contribution in [-0.4, -0.2) is 26.5 Å². The Morgan fingerprint density at radius 1 is 1.77 bits per heavy atom. The van der Waals surface area contributed by atoms with Gasteiger partial charge in [-0.25, -0.2) is 0 Å². The van der Waals surface area contributed by atoms with Crippen molar-refractivity contribution in [1.82, 2.24) is 14.9 Å². The summed E-state index contributed by atoms with van der Waals surface area (Å²) in [7, 11) is 0. The van der Waals surface area contributed by atoms with Crippen molar-refractivity contribution in [3.05, 3.63) is 11.1 Å². The number of aromatic nitrogens is 2.